The van der Waals surface area contributed by atoms with Gasteiger partial charge in [0, 0.05) is 32.5 Å². The standard InChI is InChI=1S/C10H18N4/c1-8-6-9(7-13-8)4-5-14(3)10(11)12-2/h6-7,13H,4-5H2,1-3H3,(H2,11,12). The van der Waals surface area contributed by atoms with Crippen LogP contribution in [-0.2, 0) is 6.42 Å². The first kappa shape index (κ1) is 10.6. The fourth-order valence-electron chi connectivity index (χ4n) is 1.29. The van der Waals surface area contributed by atoms with E-state index in [1.54, 1.807) is 7.05 Å². The number of H-pyrrole nitrogens is 1. The Morgan fingerprint density at radius 1 is 1.64 bits per heavy atom. The number of hydrogen-bond donors (Lipinski definition) is 2. The normalized spacial score (nSPS) is 11.8. The lowest BCUT2D eigenvalue weighted by Gasteiger charge is -2.16. The first-order chi connectivity index (χ1) is 6.63. The number of aromatic amines is 1. The smallest absolute Gasteiger partial charge is 0.190 e. The van der Waals surface area contributed by atoms with Gasteiger partial charge in [-0.25, -0.2) is 0 Å². The van der Waals surface area contributed by atoms with Gasteiger partial charge < -0.3 is 15.6 Å². The molecule has 0 unspecified atom stereocenters. The SMILES string of the molecule is CN=C(N)N(C)CCc1c[nH]c(C)c1. The van der Waals surface area contributed by atoms with Crippen molar-refractivity contribution >= 4 is 5.96 Å². The minimum Gasteiger partial charge on any atom is -0.370 e. The molecule has 0 fully saturated rings. The highest BCUT2D eigenvalue weighted by Gasteiger charge is 2.01. The summed E-state index contributed by atoms with van der Waals surface area (Å²) in [5, 5.41) is 0. The van der Waals surface area contributed by atoms with Crippen LogP contribution in [-0.4, -0.2) is 36.5 Å². The van der Waals surface area contributed by atoms with Gasteiger partial charge >= 0.3 is 0 Å². The van der Waals surface area contributed by atoms with Gasteiger partial charge in [0.15, 0.2) is 5.96 Å². The van der Waals surface area contributed by atoms with Crippen molar-refractivity contribution in [2.45, 2.75) is 13.3 Å². The summed E-state index contributed by atoms with van der Waals surface area (Å²) in [6.45, 7) is 2.94. The molecular formula is C10H18N4. The number of nitrogens with one attached hydrogen (secondary N) is 1. The molecule has 0 spiro atoms. The van der Waals surface area contributed by atoms with Gasteiger partial charge in [-0.15, -0.1) is 0 Å². The van der Waals surface area contributed by atoms with E-state index in [1.165, 1.54) is 11.3 Å². The number of rotatable bonds is 3. The highest BCUT2D eigenvalue weighted by molar-refractivity contribution is 5.77. The Morgan fingerprint density at radius 2 is 2.36 bits per heavy atom. The van der Waals surface area contributed by atoms with Crippen molar-refractivity contribution < 1.29 is 0 Å². The molecule has 0 bridgehead atoms. The molecule has 0 atom stereocenters. The summed E-state index contributed by atoms with van der Waals surface area (Å²) in [6.07, 6.45) is 3.01. The Labute approximate surface area is 84.8 Å². The summed E-state index contributed by atoms with van der Waals surface area (Å²) in [5.74, 6) is 0.581. The van der Waals surface area contributed by atoms with E-state index in [4.69, 9.17) is 5.73 Å². The van der Waals surface area contributed by atoms with Crippen molar-refractivity contribution in [1.29, 1.82) is 0 Å². The Kier molecular flexibility index (Phi) is 3.56. The summed E-state index contributed by atoms with van der Waals surface area (Å²) in [6, 6.07) is 2.15. The Bertz CT molecular complexity index is 314. The zero-order chi connectivity index (χ0) is 10.6. The summed E-state index contributed by atoms with van der Waals surface area (Å²) in [5.41, 5.74) is 8.15. The van der Waals surface area contributed by atoms with Gasteiger partial charge in [0.05, 0.1) is 0 Å². The molecule has 4 nitrogen and oxygen atoms in total. The predicted octanol–water partition coefficient (Wildman–Crippen LogP) is 0.742. The van der Waals surface area contributed by atoms with Crippen molar-refractivity contribution in [2.24, 2.45) is 10.7 Å². The second-order valence-corrected chi connectivity index (χ2v) is 3.44. The Hall–Kier alpha value is -1.45. The van der Waals surface area contributed by atoms with Gasteiger partial charge in [0.2, 0.25) is 0 Å². The lowest BCUT2D eigenvalue weighted by atomic mass is 10.2. The molecule has 4 heteroatoms. The average molecular weight is 194 g/mol. The first-order valence-electron chi connectivity index (χ1n) is 4.70. The molecule has 1 rings (SSSR count). The zero-order valence-corrected chi connectivity index (χ0v) is 9.04. The molecule has 78 valence electrons. The number of aryl methyl sites for hydroxylation is 1. The van der Waals surface area contributed by atoms with Gasteiger partial charge in [0.1, 0.15) is 0 Å². The summed E-state index contributed by atoms with van der Waals surface area (Å²) < 4.78 is 0. The molecule has 0 saturated carbocycles. The van der Waals surface area contributed by atoms with Crippen molar-refractivity contribution in [3.05, 3.63) is 23.5 Å². The Morgan fingerprint density at radius 3 is 2.86 bits per heavy atom. The van der Waals surface area contributed by atoms with E-state index in [1.807, 2.05) is 18.1 Å². The van der Waals surface area contributed by atoms with E-state index >= 15 is 0 Å². The third-order valence-electron chi connectivity index (χ3n) is 2.24. The number of nitrogens with two attached hydrogens (primary N) is 1. The maximum absolute atomic E-state index is 5.65. The molecule has 0 amide bonds. The van der Waals surface area contributed by atoms with E-state index < -0.39 is 0 Å². The number of nitrogens with zero attached hydrogens (tertiary/aromatic N) is 2. The van der Waals surface area contributed by atoms with Gasteiger partial charge in [-0.2, -0.15) is 0 Å². The lowest BCUT2D eigenvalue weighted by Crippen LogP contribution is -2.35. The van der Waals surface area contributed by atoms with Gasteiger partial charge in [-0.3, -0.25) is 4.99 Å². The zero-order valence-electron chi connectivity index (χ0n) is 9.04. The molecule has 1 heterocycles. The number of guanidine groups is 1. The van der Waals surface area contributed by atoms with E-state index in [2.05, 4.69) is 23.0 Å². The highest BCUT2D eigenvalue weighted by Crippen LogP contribution is 2.03. The monoisotopic (exact) mass is 194 g/mol. The van der Waals surface area contributed by atoms with Crippen LogP contribution in [0.4, 0.5) is 0 Å². The third-order valence-corrected chi connectivity index (χ3v) is 2.24. The van der Waals surface area contributed by atoms with Crippen LogP contribution in [0.1, 0.15) is 11.3 Å². The van der Waals surface area contributed by atoms with E-state index in [0.29, 0.717) is 5.96 Å². The summed E-state index contributed by atoms with van der Waals surface area (Å²) in [4.78, 5) is 9.02. The van der Waals surface area contributed by atoms with E-state index in [0.717, 1.165) is 13.0 Å². The molecule has 1 aromatic heterocycles. The molecule has 0 aliphatic carbocycles. The summed E-state index contributed by atoms with van der Waals surface area (Å²) in [7, 11) is 3.65. The van der Waals surface area contributed by atoms with Gasteiger partial charge in [-0.1, -0.05) is 0 Å². The Balaban J connectivity index is 2.41. The molecule has 3 N–H and O–H groups in total. The number of likely N-dealkylation sites (N-methyl/N-ethyl adjacent to an activating group) is 1. The maximum Gasteiger partial charge on any atom is 0.190 e. The fraction of sp³-hybridized carbons (Fsp3) is 0.500. The van der Waals surface area contributed by atoms with Crippen LogP contribution in [0.2, 0.25) is 0 Å². The highest BCUT2D eigenvalue weighted by atomic mass is 15.2. The average Bonchev–Trinajstić information content (AvgIpc) is 2.59. The fourth-order valence-corrected chi connectivity index (χ4v) is 1.29. The molecule has 14 heavy (non-hydrogen) atoms. The molecule has 0 aliphatic heterocycles. The number of aliphatic imine (C=N–C) groups is 1. The second-order valence-electron chi connectivity index (χ2n) is 3.44. The molecule has 0 aliphatic rings. The van der Waals surface area contributed by atoms with E-state index in [-0.39, 0.29) is 0 Å². The lowest BCUT2D eigenvalue weighted by molar-refractivity contribution is 0.502. The van der Waals surface area contributed by atoms with Crippen LogP contribution in [0.25, 0.3) is 0 Å². The van der Waals surface area contributed by atoms with Crippen molar-refractivity contribution in [2.75, 3.05) is 20.6 Å². The van der Waals surface area contributed by atoms with Crippen LogP contribution >= 0.6 is 0 Å². The van der Waals surface area contributed by atoms with E-state index in [9.17, 15) is 0 Å². The van der Waals surface area contributed by atoms with Crippen molar-refractivity contribution in [1.82, 2.24) is 9.88 Å². The third kappa shape index (κ3) is 2.80. The second kappa shape index (κ2) is 4.69. The van der Waals surface area contributed by atoms with Crippen LogP contribution < -0.4 is 5.73 Å². The number of aromatic nitrogens is 1. The molecule has 0 radical (unpaired) electrons. The minimum absolute atomic E-state index is 0.581. The molecule has 0 saturated heterocycles. The number of hydrogen-bond acceptors (Lipinski definition) is 1. The van der Waals surface area contributed by atoms with Crippen LogP contribution in [0.3, 0.4) is 0 Å². The summed E-state index contributed by atoms with van der Waals surface area (Å²) >= 11 is 0. The molecular weight excluding hydrogens is 176 g/mol. The minimum atomic E-state index is 0.581. The van der Waals surface area contributed by atoms with Crippen molar-refractivity contribution in [3.63, 3.8) is 0 Å². The quantitative estimate of drug-likeness (QED) is 0.551. The molecule has 1 aromatic rings. The largest absolute Gasteiger partial charge is 0.370 e. The first-order valence-corrected chi connectivity index (χ1v) is 4.70. The molecule has 0 aromatic carbocycles. The maximum atomic E-state index is 5.65. The topological polar surface area (TPSA) is 57.4 Å². The van der Waals surface area contributed by atoms with Crippen molar-refractivity contribution in [3.8, 4) is 0 Å². The van der Waals surface area contributed by atoms with Crippen LogP contribution in [0.15, 0.2) is 17.3 Å². The predicted molar refractivity (Wildman–Crippen MR) is 59.4 cm³/mol. The van der Waals surface area contributed by atoms with Crippen LogP contribution in [0.5, 0.6) is 0 Å². The van der Waals surface area contributed by atoms with Crippen LogP contribution in [0, 0.1) is 6.92 Å². The van der Waals surface area contributed by atoms with Gasteiger partial charge in [-0.05, 0) is 25.0 Å². The van der Waals surface area contributed by atoms with Gasteiger partial charge in [0.25, 0.3) is 0 Å².